The Kier molecular flexibility index (Phi) is 4.55. The molecule has 4 rings (SSSR count). The molecule has 2 amide bonds. The van der Waals surface area contributed by atoms with Crippen molar-refractivity contribution in [1.82, 2.24) is 4.90 Å². The summed E-state index contributed by atoms with van der Waals surface area (Å²) in [4.78, 5) is 28.7. The number of thiophene rings is 1. The molecule has 1 saturated heterocycles. The van der Waals surface area contributed by atoms with E-state index in [0.29, 0.717) is 42.4 Å². The van der Waals surface area contributed by atoms with Crippen LogP contribution in [0, 0.1) is 0 Å². The van der Waals surface area contributed by atoms with Gasteiger partial charge in [-0.25, -0.2) is 0 Å². The molecule has 0 bridgehead atoms. The number of hydrogen-bond donors (Lipinski definition) is 1. The highest BCUT2D eigenvalue weighted by molar-refractivity contribution is 7.17. The molecular formula is C19H20N2O3S. The smallest absolute Gasteiger partial charge is 0.257 e. The SMILES string of the molecule is O=C(Nc1sc2c(c1C(=O)N1CCOCC1)CCC2)c1ccccc1. The summed E-state index contributed by atoms with van der Waals surface area (Å²) < 4.78 is 5.35. The lowest BCUT2D eigenvalue weighted by molar-refractivity contribution is 0.0303. The maximum atomic E-state index is 13.1. The molecule has 25 heavy (non-hydrogen) atoms. The number of nitrogens with one attached hydrogen (secondary N) is 1. The van der Waals surface area contributed by atoms with Crippen LogP contribution in [-0.2, 0) is 17.6 Å². The summed E-state index contributed by atoms with van der Waals surface area (Å²) in [5, 5.41) is 3.67. The Morgan fingerprint density at radius 1 is 1.08 bits per heavy atom. The van der Waals surface area contributed by atoms with Crippen LogP contribution in [0.25, 0.3) is 0 Å². The minimum absolute atomic E-state index is 0.0195. The molecule has 0 unspecified atom stereocenters. The van der Waals surface area contributed by atoms with Crippen LogP contribution in [0.3, 0.4) is 0 Å². The van der Waals surface area contributed by atoms with Gasteiger partial charge in [-0.3, -0.25) is 9.59 Å². The number of fused-ring (bicyclic) bond motifs is 1. The van der Waals surface area contributed by atoms with Crippen molar-refractivity contribution in [3.05, 3.63) is 51.9 Å². The standard InChI is InChI=1S/C19H20N2O3S/c22-17(13-5-2-1-3-6-13)20-18-16(14-7-4-8-15(14)25-18)19(23)21-9-11-24-12-10-21/h1-3,5-6H,4,7-12H2,(H,20,22). The van der Waals surface area contributed by atoms with Gasteiger partial charge in [0.15, 0.2) is 0 Å². The third-order valence-electron chi connectivity index (χ3n) is 4.70. The van der Waals surface area contributed by atoms with E-state index in [-0.39, 0.29) is 11.8 Å². The Labute approximate surface area is 150 Å². The number of carbonyl (C=O) groups excluding carboxylic acids is 2. The fourth-order valence-electron chi connectivity index (χ4n) is 3.41. The van der Waals surface area contributed by atoms with Crippen LogP contribution in [0.15, 0.2) is 30.3 Å². The van der Waals surface area contributed by atoms with E-state index in [2.05, 4.69) is 5.32 Å². The Balaban J connectivity index is 1.64. The lowest BCUT2D eigenvalue weighted by atomic mass is 10.1. The van der Waals surface area contributed by atoms with E-state index in [4.69, 9.17) is 4.74 Å². The number of benzene rings is 1. The van der Waals surface area contributed by atoms with E-state index in [1.807, 2.05) is 23.1 Å². The molecule has 1 N–H and O–H groups in total. The van der Waals surface area contributed by atoms with Gasteiger partial charge in [-0.2, -0.15) is 0 Å². The molecule has 1 aromatic carbocycles. The summed E-state index contributed by atoms with van der Waals surface area (Å²) in [6.07, 6.45) is 2.99. The molecule has 6 heteroatoms. The van der Waals surface area contributed by atoms with Crippen molar-refractivity contribution < 1.29 is 14.3 Å². The van der Waals surface area contributed by atoms with Crippen molar-refractivity contribution in [2.24, 2.45) is 0 Å². The normalized spacial score (nSPS) is 16.6. The quantitative estimate of drug-likeness (QED) is 0.920. The molecule has 0 spiro atoms. The van der Waals surface area contributed by atoms with Crippen molar-refractivity contribution in [3.63, 3.8) is 0 Å². The fourth-order valence-corrected chi connectivity index (χ4v) is 4.68. The first kappa shape index (κ1) is 16.3. The van der Waals surface area contributed by atoms with Gasteiger partial charge in [0.05, 0.1) is 18.8 Å². The predicted octanol–water partition coefficient (Wildman–Crippen LogP) is 2.96. The first-order chi connectivity index (χ1) is 12.2. The van der Waals surface area contributed by atoms with Crippen LogP contribution < -0.4 is 5.32 Å². The van der Waals surface area contributed by atoms with Crippen molar-refractivity contribution in [2.75, 3.05) is 31.6 Å². The zero-order valence-corrected chi connectivity index (χ0v) is 14.7. The molecule has 2 aromatic rings. The highest BCUT2D eigenvalue weighted by atomic mass is 32.1. The molecule has 1 fully saturated rings. The largest absolute Gasteiger partial charge is 0.378 e. The Hall–Kier alpha value is -2.18. The van der Waals surface area contributed by atoms with E-state index in [9.17, 15) is 9.59 Å². The van der Waals surface area contributed by atoms with E-state index >= 15 is 0 Å². The highest BCUT2D eigenvalue weighted by Crippen LogP contribution is 2.40. The number of nitrogens with zero attached hydrogens (tertiary/aromatic N) is 1. The second-order valence-corrected chi connectivity index (χ2v) is 7.39. The first-order valence-corrected chi connectivity index (χ1v) is 9.43. The van der Waals surface area contributed by atoms with Gasteiger partial charge in [0.2, 0.25) is 0 Å². The number of hydrogen-bond acceptors (Lipinski definition) is 4. The number of carbonyl (C=O) groups is 2. The van der Waals surface area contributed by atoms with Gasteiger partial charge in [-0.1, -0.05) is 18.2 Å². The average molecular weight is 356 g/mol. The summed E-state index contributed by atoms with van der Waals surface area (Å²) >= 11 is 1.55. The van der Waals surface area contributed by atoms with Gasteiger partial charge in [0, 0.05) is 23.5 Å². The Morgan fingerprint density at radius 3 is 2.60 bits per heavy atom. The molecule has 1 aliphatic carbocycles. The molecule has 5 nitrogen and oxygen atoms in total. The van der Waals surface area contributed by atoms with Gasteiger partial charge in [0.25, 0.3) is 11.8 Å². The number of anilines is 1. The zero-order valence-electron chi connectivity index (χ0n) is 13.9. The second kappa shape index (κ2) is 6.98. The Morgan fingerprint density at radius 2 is 1.84 bits per heavy atom. The molecule has 0 saturated carbocycles. The minimum atomic E-state index is -0.170. The van der Waals surface area contributed by atoms with Crippen molar-refractivity contribution in [1.29, 1.82) is 0 Å². The van der Waals surface area contributed by atoms with Crippen LogP contribution in [0.4, 0.5) is 5.00 Å². The minimum Gasteiger partial charge on any atom is -0.378 e. The van der Waals surface area contributed by atoms with E-state index in [1.165, 1.54) is 4.88 Å². The topological polar surface area (TPSA) is 58.6 Å². The van der Waals surface area contributed by atoms with Gasteiger partial charge in [0.1, 0.15) is 5.00 Å². The van der Waals surface area contributed by atoms with Gasteiger partial charge >= 0.3 is 0 Å². The number of ether oxygens (including phenoxy) is 1. The van der Waals surface area contributed by atoms with E-state index in [1.54, 1.807) is 23.5 Å². The van der Waals surface area contributed by atoms with Crippen molar-refractivity contribution in [2.45, 2.75) is 19.3 Å². The highest BCUT2D eigenvalue weighted by Gasteiger charge is 2.30. The molecule has 2 heterocycles. The second-order valence-electron chi connectivity index (χ2n) is 6.29. The number of amides is 2. The Bertz CT molecular complexity index is 795. The third kappa shape index (κ3) is 3.19. The lowest BCUT2D eigenvalue weighted by Gasteiger charge is -2.27. The maximum Gasteiger partial charge on any atom is 0.257 e. The number of aryl methyl sites for hydroxylation is 1. The average Bonchev–Trinajstić information content (AvgIpc) is 3.23. The van der Waals surface area contributed by atoms with Gasteiger partial charge < -0.3 is 15.0 Å². The number of rotatable bonds is 3. The summed E-state index contributed by atoms with van der Waals surface area (Å²) in [6, 6.07) is 9.11. The van der Waals surface area contributed by atoms with Gasteiger partial charge in [-0.15, -0.1) is 11.3 Å². The summed E-state index contributed by atoms with van der Waals surface area (Å²) in [5.41, 5.74) is 2.43. The van der Waals surface area contributed by atoms with E-state index in [0.717, 1.165) is 24.8 Å². The summed E-state index contributed by atoms with van der Waals surface area (Å²) in [7, 11) is 0. The summed E-state index contributed by atoms with van der Waals surface area (Å²) in [5.74, 6) is -0.150. The molecule has 1 aliphatic heterocycles. The molecule has 2 aliphatic rings. The van der Waals surface area contributed by atoms with Gasteiger partial charge in [-0.05, 0) is 37.0 Å². The van der Waals surface area contributed by atoms with Crippen LogP contribution in [0.5, 0.6) is 0 Å². The van der Waals surface area contributed by atoms with Crippen LogP contribution in [0.2, 0.25) is 0 Å². The van der Waals surface area contributed by atoms with Crippen molar-refractivity contribution >= 4 is 28.2 Å². The fraction of sp³-hybridized carbons (Fsp3) is 0.368. The molecule has 0 radical (unpaired) electrons. The lowest BCUT2D eigenvalue weighted by Crippen LogP contribution is -2.41. The number of morpholine rings is 1. The predicted molar refractivity (Wildman–Crippen MR) is 97.5 cm³/mol. The molecular weight excluding hydrogens is 336 g/mol. The van der Waals surface area contributed by atoms with Crippen LogP contribution in [0.1, 0.15) is 37.6 Å². The first-order valence-electron chi connectivity index (χ1n) is 8.62. The van der Waals surface area contributed by atoms with Crippen LogP contribution >= 0.6 is 11.3 Å². The maximum absolute atomic E-state index is 13.1. The van der Waals surface area contributed by atoms with Crippen LogP contribution in [-0.4, -0.2) is 43.0 Å². The molecule has 130 valence electrons. The third-order valence-corrected chi connectivity index (χ3v) is 5.90. The summed E-state index contributed by atoms with van der Waals surface area (Å²) in [6.45, 7) is 2.36. The molecule has 0 atom stereocenters. The molecule has 1 aromatic heterocycles. The van der Waals surface area contributed by atoms with E-state index < -0.39 is 0 Å². The zero-order chi connectivity index (χ0) is 17.2. The van der Waals surface area contributed by atoms with Crippen molar-refractivity contribution in [3.8, 4) is 0 Å². The monoisotopic (exact) mass is 356 g/mol.